The first-order valence-electron chi connectivity index (χ1n) is 6.69. The second-order valence-corrected chi connectivity index (χ2v) is 6.30. The molecule has 1 saturated heterocycles. The van der Waals surface area contributed by atoms with E-state index in [0.717, 1.165) is 17.0 Å². The first-order chi connectivity index (χ1) is 9.36. The minimum Gasteiger partial charge on any atom is -0.481 e. The molecule has 1 aliphatic rings. The fourth-order valence-electron chi connectivity index (χ4n) is 2.33. The Kier molecular flexibility index (Phi) is 2.70. The lowest BCUT2D eigenvalue weighted by Gasteiger charge is -2.37. The van der Waals surface area contributed by atoms with Crippen molar-refractivity contribution in [2.45, 2.75) is 26.2 Å². The van der Waals surface area contributed by atoms with Crippen LogP contribution in [0.1, 0.15) is 26.5 Å². The van der Waals surface area contributed by atoms with Crippen LogP contribution in [0.4, 0.5) is 5.82 Å². The van der Waals surface area contributed by atoms with E-state index in [1.165, 1.54) is 0 Å². The Balaban J connectivity index is 1.96. The highest BCUT2D eigenvalue weighted by atomic mass is 16.4. The van der Waals surface area contributed by atoms with E-state index < -0.39 is 5.97 Å². The number of carboxylic acids is 1. The molecule has 6 heteroatoms. The lowest BCUT2D eigenvalue weighted by molar-refractivity contribution is -0.142. The number of anilines is 1. The molecule has 0 bridgehead atoms. The summed E-state index contributed by atoms with van der Waals surface area (Å²) in [5.41, 5.74) is 1.91. The van der Waals surface area contributed by atoms with Gasteiger partial charge in [-0.25, -0.2) is 9.50 Å². The van der Waals surface area contributed by atoms with Crippen molar-refractivity contribution in [1.29, 1.82) is 0 Å². The normalized spacial score (nSPS) is 16.4. The molecule has 3 heterocycles. The number of rotatable bonds is 2. The van der Waals surface area contributed by atoms with E-state index in [4.69, 9.17) is 5.11 Å². The van der Waals surface area contributed by atoms with Crippen LogP contribution in [0, 0.1) is 5.92 Å². The van der Waals surface area contributed by atoms with Crippen LogP contribution in [0.5, 0.6) is 0 Å². The number of hydrogen-bond acceptors (Lipinski definition) is 4. The van der Waals surface area contributed by atoms with Crippen LogP contribution in [0.3, 0.4) is 0 Å². The molecule has 6 nitrogen and oxygen atoms in total. The molecular weight excluding hydrogens is 256 g/mol. The van der Waals surface area contributed by atoms with Gasteiger partial charge in [-0.3, -0.25) is 4.79 Å². The lowest BCUT2D eigenvalue weighted by Crippen LogP contribution is -2.50. The summed E-state index contributed by atoms with van der Waals surface area (Å²) in [5.74, 6) is -0.216. The van der Waals surface area contributed by atoms with Gasteiger partial charge in [-0.2, -0.15) is 5.10 Å². The summed E-state index contributed by atoms with van der Waals surface area (Å²) in [5, 5.41) is 13.5. The van der Waals surface area contributed by atoms with E-state index in [1.54, 1.807) is 6.20 Å². The largest absolute Gasteiger partial charge is 0.481 e. The van der Waals surface area contributed by atoms with E-state index >= 15 is 0 Å². The monoisotopic (exact) mass is 274 g/mol. The predicted molar refractivity (Wildman–Crippen MR) is 75.0 cm³/mol. The summed E-state index contributed by atoms with van der Waals surface area (Å²) < 4.78 is 1.82. The highest BCUT2D eigenvalue weighted by molar-refractivity contribution is 5.77. The number of hydrogen-bond donors (Lipinski definition) is 1. The molecule has 1 N–H and O–H groups in total. The molecule has 0 aromatic carbocycles. The molecule has 0 radical (unpaired) electrons. The van der Waals surface area contributed by atoms with Crippen molar-refractivity contribution in [2.75, 3.05) is 18.0 Å². The number of nitrogens with zero attached hydrogens (tertiary/aromatic N) is 4. The molecule has 2 aromatic heterocycles. The minimum atomic E-state index is -0.739. The maximum Gasteiger partial charge on any atom is 0.310 e. The quantitative estimate of drug-likeness (QED) is 0.899. The fourth-order valence-corrected chi connectivity index (χ4v) is 2.33. The average molecular weight is 274 g/mol. The van der Waals surface area contributed by atoms with E-state index in [-0.39, 0.29) is 11.3 Å². The molecule has 2 aromatic rings. The van der Waals surface area contributed by atoms with Crippen LogP contribution >= 0.6 is 0 Å². The Labute approximate surface area is 117 Å². The van der Waals surface area contributed by atoms with E-state index in [1.807, 2.05) is 21.7 Å². The van der Waals surface area contributed by atoms with Crippen LogP contribution < -0.4 is 4.90 Å². The molecule has 1 fully saturated rings. The van der Waals surface area contributed by atoms with Gasteiger partial charge in [0.1, 0.15) is 5.52 Å². The molecular formula is C14H18N4O2. The van der Waals surface area contributed by atoms with Gasteiger partial charge in [-0.15, -0.1) is 0 Å². The van der Waals surface area contributed by atoms with Crippen LogP contribution in [0.25, 0.3) is 5.52 Å². The van der Waals surface area contributed by atoms with Crippen molar-refractivity contribution >= 4 is 17.3 Å². The third-order valence-corrected chi connectivity index (χ3v) is 3.67. The molecule has 106 valence electrons. The Bertz CT molecular complexity index is 665. The lowest BCUT2D eigenvalue weighted by atomic mass is 9.92. The number of carbonyl (C=O) groups is 1. The molecule has 0 spiro atoms. The second kappa shape index (κ2) is 4.19. The molecule has 0 atom stereocenters. The zero-order valence-electron chi connectivity index (χ0n) is 11.9. The van der Waals surface area contributed by atoms with Crippen molar-refractivity contribution < 1.29 is 9.90 Å². The maximum absolute atomic E-state index is 10.9. The standard InChI is InChI=1S/C14H18N4O2/c1-14(2,3)11-6-10-12(15-4-5-18(10)16-11)17-7-9(8-17)13(19)20/h4-6,9H,7-8H2,1-3H3,(H,19,20). The van der Waals surface area contributed by atoms with Gasteiger partial charge in [0.05, 0.1) is 11.6 Å². The summed E-state index contributed by atoms with van der Waals surface area (Å²) in [6.07, 6.45) is 3.53. The topological polar surface area (TPSA) is 70.7 Å². The van der Waals surface area contributed by atoms with Crippen LogP contribution in [-0.4, -0.2) is 38.8 Å². The minimum absolute atomic E-state index is 0.0260. The molecule has 0 saturated carbocycles. The molecule has 20 heavy (non-hydrogen) atoms. The molecule has 0 amide bonds. The Morgan fingerprint density at radius 1 is 1.40 bits per heavy atom. The van der Waals surface area contributed by atoms with Gasteiger partial charge in [0.2, 0.25) is 0 Å². The Morgan fingerprint density at radius 2 is 2.10 bits per heavy atom. The van der Waals surface area contributed by atoms with E-state index in [9.17, 15) is 4.79 Å². The van der Waals surface area contributed by atoms with Crippen molar-refractivity contribution in [1.82, 2.24) is 14.6 Å². The first kappa shape index (κ1) is 12.9. The number of aromatic nitrogens is 3. The second-order valence-electron chi connectivity index (χ2n) is 6.30. The maximum atomic E-state index is 10.9. The number of aliphatic carboxylic acids is 1. The summed E-state index contributed by atoms with van der Waals surface area (Å²) in [6, 6.07) is 2.04. The Hall–Kier alpha value is -2.11. The SMILES string of the molecule is CC(C)(C)c1cc2c(N3CC(C(=O)O)C3)nccn2n1. The number of carboxylic acid groups (broad SMARTS) is 1. The number of fused-ring (bicyclic) bond motifs is 1. The zero-order chi connectivity index (χ0) is 14.5. The Morgan fingerprint density at radius 3 is 2.70 bits per heavy atom. The van der Waals surface area contributed by atoms with Crippen molar-refractivity contribution in [2.24, 2.45) is 5.92 Å². The van der Waals surface area contributed by atoms with Gasteiger partial charge in [-0.1, -0.05) is 20.8 Å². The van der Waals surface area contributed by atoms with Gasteiger partial charge in [-0.05, 0) is 6.07 Å². The van der Waals surface area contributed by atoms with Crippen molar-refractivity contribution in [3.05, 3.63) is 24.2 Å². The summed E-state index contributed by atoms with van der Waals surface area (Å²) in [6.45, 7) is 7.37. The summed E-state index contributed by atoms with van der Waals surface area (Å²) >= 11 is 0. The fraction of sp³-hybridized carbons (Fsp3) is 0.500. The van der Waals surface area contributed by atoms with Crippen LogP contribution in [0.2, 0.25) is 0 Å². The van der Waals surface area contributed by atoms with Gasteiger partial charge in [0.25, 0.3) is 0 Å². The molecule has 0 unspecified atom stereocenters. The third kappa shape index (κ3) is 2.01. The van der Waals surface area contributed by atoms with Gasteiger partial charge in [0.15, 0.2) is 5.82 Å². The summed E-state index contributed by atoms with van der Waals surface area (Å²) in [4.78, 5) is 17.3. The van der Waals surface area contributed by atoms with Crippen LogP contribution in [0.15, 0.2) is 18.5 Å². The van der Waals surface area contributed by atoms with Gasteiger partial charge in [0, 0.05) is 30.9 Å². The van der Waals surface area contributed by atoms with Crippen molar-refractivity contribution in [3.63, 3.8) is 0 Å². The van der Waals surface area contributed by atoms with Crippen LogP contribution in [-0.2, 0) is 10.2 Å². The molecule has 3 rings (SSSR count). The average Bonchev–Trinajstić information content (AvgIpc) is 2.70. The summed E-state index contributed by atoms with van der Waals surface area (Å²) in [7, 11) is 0. The third-order valence-electron chi connectivity index (χ3n) is 3.67. The molecule has 1 aliphatic heterocycles. The van der Waals surface area contributed by atoms with Gasteiger partial charge < -0.3 is 10.0 Å². The highest BCUT2D eigenvalue weighted by Crippen LogP contribution is 2.29. The zero-order valence-corrected chi connectivity index (χ0v) is 11.9. The van der Waals surface area contributed by atoms with Crippen molar-refractivity contribution in [3.8, 4) is 0 Å². The van der Waals surface area contributed by atoms with Gasteiger partial charge >= 0.3 is 5.97 Å². The smallest absolute Gasteiger partial charge is 0.310 e. The predicted octanol–water partition coefficient (Wildman–Crippen LogP) is 1.55. The van der Waals surface area contributed by atoms with E-state index in [2.05, 4.69) is 30.9 Å². The first-order valence-corrected chi connectivity index (χ1v) is 6.69. The highest BCUT2D eigenvalue weighted by Gasteiger charge is 2.34. The molecule has 0 aliphatic carbocycles. The van der Waals surface area contributed by atoms with E-state index in [0.29, 0.717) is 13.1 Å².